The van der Waals surface area contributed by atoms with E-state index in [1.165, 1.54) is 33.3 Å². The Balaban J connectivity index is 2.85. The molecule has 1 N–H and O–H groups in total. The maximum atomic E-state index is 3.26. The van der Waals surface area contributed by atoms with Crippen molar-refractivity contribution in [2.24, 2.45) is 7.05 Å². The average molecular weight is 216 g/mol. The molecule has 2 rings (SSSR count). The third kappa shape index (κ3) is 1.54. The van der Waals surface area contributed by atoms with Crippen LogP contribution in [0.2, 0.25) is 0 Å². The molecule has 0 saturated carbocycles. The summed E-state index contributed by atoms with van der Waals surface area (Å²) >= 11 is 0. The summed E-state index contributed by atoms with van der Waals surface area (Å²) in [5, 5.41) is 4.65. The van der Waals surface area contributed by atoms with Crippen LogP contribution in [0.15, 0.2) is 12.1 Å². The second-order valence-electron chi connectivity index (χ2n) is 4.63. The van der Waals surface area contributed by atoms with Crippen molar-refractivity contribution in [1.29, 1.82) is 0 Å². The van der Waals surface area contributed by atoms with Crippen LogP contribution < -0.4 is 5.32 Å². The molecule has 0 bridgehead atoms. The fourth-order valence-corrected chi connectivity index (χ4v) is 2.60. The third-order valence-corrected chi connectivity index (χ3v) is 3.40. The van der Waals surface area contributed by atoms with Crippen LogP contribution >= 0.6 is 0 Å². The van der Waals surface area contributed by atoms with E-state index in [1.54, 1.807) is 0 Å². The van der Waals surface area contributed by atoms with E-state index >= 15 is 0 Å². The largest absolute Gasteiger partial charge is 0.347 e. The highest BCUT2D eigenvalue weighted by Gasteiger charge is 2.12. The normalized spacial score (nSPS) is 11.3. The van der Waals surface area contributed by atoms with E-state index in [9.17, 15) is 0 Å². The fraction of sp³-hybridized carbons (Fsp3) is 0.429. The van der Waals surface area contributed by atoms with Crippen molar-refractivity contribution < 1.29 is 0 Å². The second-order valence-corrected chi connectivity index (χ2v) is 4.63. The van der Waals surface area contributed by atoms with E-state index in [0.717, 1.165) is 6.54 Å². The van der Waals surface area contributed by atoms with Crippen LogP contribution in [-0.2, 0) is 13.6 Å². The van der Waals surface area contributed by atoms with Crippen molar-refractivity contribution in [2.75, 3.05) is 7.05 Å². The van der Waals surface area contributed by atoms with E-state index in [2.05, 4.69) is 49.8 Å². The fourth-order valence-electron chi connectivity index (χ4n) is 2.60. The van der Waals surface area contributed by atoms with E-state index in [-0.39, 0.29) is 0 Å². The van der Waals surface area contributed by atoms with Crippen molar-refractivity contribution in [3.8, 4) is 0 Å². The molecule has 2 nitrogen and oxygen atoms in total. The molecule has 16 heavy (non-hydrogen) atoms. The second kappa shape index (κ2) is 3.95. The van der Waals surface area contributed by atoms with Gasteiger partial charge in [-0.3, -0.25) is 0 Å². The summed E-state index contributed by atoms with van der Waals surface area (Å²) in [5.41, 5.74) is 6.86. The van der Waals surface area contributed by atoms with Crippen molar-refractivity contribution in [3.05, 3.63) is 34.5 Å². The van der Waals surface area contributed by atoms with Crippen molar-refractivity contribution >= 4 is 10.9 Å². The summed E-state index contributed by atoms with van der Waals surface area (Å²) in [6.45, 7) is 7.49. The number of benzene rings is 1. The first-order valence-electron chi connectivity index (χ1n) is 5.76. The van der Waals surface area contributed by atoms with Gasteiger partial charge in [0, 0.05) is 24.7 Å². The molecular weight excluding hydrogens is 196 g/mol. The molecule has 0 aliphatic rings. The minimum absolute atomic E-state index is 0.937. The zero-order valence-corrected chi connectivity index (χ0v) is 10.8. The van der Waals surface area contributed by atoms with Gasteiger partial charge in [0.25, 0.3) is 0 Å². The van der Waals surface area contributed by atoms with Gasteiger partial charge in [0.1, 0.15) is 0 Å². The zero-order valence-electron chi connectivity index (χ0n) is 10.8. The lowest BCUT2D eigenvalue weighted by atomic mass is 10.0. The van der Waals surface area contributed by atoms with Gasteiger partial charge in [-0.2, -0.15) is 0 Å². The average Bonchev–Trinajstić information content (AvgIpc) is 2.44. The predicted molar refractivity (Wildman–Crippen MR) is 69.9 cm³/mol. The summed E-state index contributed by atoms with van der Waals surface area (Å²) in [7, 11) is 4.15. The van der Waals surface area contributed by atoms with Crippen LogP contribution in [0.4, 0.5) is 0 Å². The number of nitrogens with zero attached hydrogens (tertiary/aromatic N) is 1. The minimum Gasteiger partial charge on any atom is -0.347 e. The highest BCUT2D eigenvalue weighted by Crippen LogP contribution is 2.28. The Morgan fingerprint density at radius 3 is 2.50 bits per heavy atom. The smallest absolute Gasteiger partial charge is 0.0513 e. The number of hydrogen-bond acceptors (Lipinski definition) is 1. The third-order valence-electron chi connectivity index (χ3n) is 3.40. The van der Waals surface area contributed by atoms with Crippen LogP contribution in [0.25, 0.3) is 10.9 Å². The molecule has 0 fully saturated rings. The molecule has 0 spiro atoms. The first-order chi connectivity index (χ1) is 7.56. The molecule has 0 radical (unpaired) electrons. The number of nitrogens with one attached hydrogen (secondary N) is 1. The minimum atomic E-state index is 0.937. The molecule has 2 aromatic rings. The molecule has 0 saturated heterocycles. The number of rotatable bonds is 2. The topological polar surface area (TPSA) is 17.0 Å². The van der Waals surface area contributed by atoms with Gasteiger partial charge in [-0.05, 0) is 45.0 Å². The molecule has 2 heteroatoms. The van der Waals surface area contributed by atoms with Crippen LogP contribution in [0.1, 0.15) is 22.4 Å². The SMILES string of the molecule is CNCc1c(C)n(C)c2c(C)cc(C)cc12. The Morgan fingerprint density at radius 2 is 1.88 bits per heavy atom. The van der Waals surface area contributed by atoms with Crippen LogP contribution in [0.5, 0.6) is 0 Å². The van der Waals surface area contributed by atoms with E-state index in [4.69, 9.17) is 0 Å². The molecule has 0 atom stereocenters. The van der Waals surface area contributed by atoms with Crippen LogP contribution in [0, 0.1) is 20.8 Å². The van der Waals surface area contributed by atoms with Gasteiger partial charge in [0.15, 0.2) is 0 Å². The number of hydrogen-bond donors (Lipinski definition) is 1. The first kappa shape index (κ1) is 11.2. The number of aryl methyl sites for hydroxylation is 3. The summed E-state index contributed by atoms with van der Waals surface area (Å²) in [6, 6.07) is 4.55. The van der Waals surface area contributed by atoms with Crippen molar-refractivity contribution in [2.45, 2.75) is 27.3 Å². The zero-order chi connectivity index (χ0) is 11.9. The highest BCUT2D eigenvalue weighted by molar-refractivity contribution is 5.88. The molecular formula is C14H20N2. The number of aromatic nitrogens is 1. The van der Waals surface area contributed by atoms with Gasteiger partial charge in [-0.25, -0.2) is 0 Å². The molecule has 0 unspecified atom stereocenters. The maximum absolute atomic E-state index is 3.26. The summed E-state index contributed by atoms with van der Waals surface area (Å²) in [6.07, 6.45) is 0. The van der Waals surface area contributed by atoms with E-state index < -0.39 is 0 Å². The van der Waals surface area contributed by atoms with Gasteiger partial charge >= 0.3 is 0 Å². The lowest BCUT2D eigenvalue weighted by molar-refractivity contribution is 0.800. The molecule has 86 valence electrons. The molecule has 0 amide bonds. The Hall–Kier alpha value is -1.28. The van der Waals surface area contributed by atoms with Crippen LogP contribution in [-0.4, -0.2) is 11.6 Å². The van der Waals surface area contributed by atoms with Crippen LogP contribution in [0.3, 0.4) is 0 Å². The van der Waals surface area contributed by atoms with Gasteiger partial charge < -0.3 is 9.88 Å². The Bertz CT molecular complexity index is 535. The first-order valence-corrected chi connectivity index (χ1v) is 5.76. The number of fused-ring (bicyclic) bond motifs is 1. The molecule has 0 aliphatic carbocycles. The molecule has 1 heterocycles. The molecule has 1 aromatic heterocycles. The van der Waals surface area contributed by atoms with Gasteiger partial charge in [-0.1, -0.05) is 11.6 Å². The molecule has 1 aromatic carbocycles. The summed E-state index contributed by atoms with van der Waals surface area (Å²) in [4.78, 5) is 0. The Labute approximate surface area is 97.3 Å². The summed E-state index contributed by atoms with van der Waals surface area (Å²) < 4.78 is 2.30. The van der Waals surface area contributed by atoms with Gasteiger partial charge in [-0.15, -0.1) is 0 Å². The quantitative estimate of drug-likeness (QED) is 0.817. The Morgan fingerprint density at radius 1 is 1.19 bits per heavy atom. The highest BCUT2D eigenvalue weighted by atomic mass is 15.0. The predicted octanol–water partition coefficient (Wildman–Crippen LogP) is 2.82. The van der Waals surface area contributed by atoms with Crippen molar-refractivity contribution in [1.82, 2.24) is 9.88 Å². The van der Waals surface area contributed by atoms with Gasteiger partial charge in [0.2, 0.25) is 0 Å². The Kier molecular flexibility index (Phi) is 2.76. The van der Waals surface area contributed by atoms with Gasteiger partial charge in [0.05, 0.1) is 5.52 Å². The van der Waals surface area contributed by atoms with E-state index in [1.807, 2.05) is 7.05 Å². The lowest BCUT2D eigenvalue weighted by Crippen LogP contribution is -2.06. The standard InChI is InChI=1S/C14H20N2/c1-9-6-10(2)14-12(7-9)13(8-15-4)11(3)16(14)5/h6-7,15H,8H2,1-5H3. The maximum Gasteiger partial charge on any atom is 0.0513 e. The monoisotopic (exact) mass is 216 g/mol. The summed E-state index contributed by atoms with van der Waals surface area (Å²) in [5.74, 6) is 0. The lowest BCUT2D eigenvalue weighted by Gasteiger charge is -2.03. The van der Waals surface area contributed by atoms with E-state index in [0.29, 0.717) is 0 Å². The molecule has 0 aliphatic heterocycles. The van der Waals surface area contributed by atoms with Crippen molar-refractivity contribution in [3.63, 3.8) is 0 Å².